The molecule has 0 aromatic heterocycles. The summed E-state index contributed by atoms with van der Waals surface area (Å²) in [6.45, 7) is 5.98. The van der Waals surface area contributed by atoms with Crippen molar-refractivity contribution >= 4 is 0 Å². The summed E-state index contributed by atoms with van der Waals surface area (Å²) >= 11 is 0. The summed E-state index contributed by atoms with van der Waals surface area (Å²) in [6.07, 6.45) is -4.78. The highest BCUT2D eigenvalue weighted by atomic mass is 19.4. The van der Waals surface area contributed by atoms with Gasteiger partial charge in [0.05, 0.1) is 17.1 Å². The van der Waals surface area contributed by atoms with Gasteiger partial charge in [0.25, 0.3) is 0 Å². The lowest BCUT2D eigenvalue weighted by Gasteiger charge is -2.32. The van der Waals surface area contributed by atoms with E-state index in [2.05, 4.69) is 0 Å². The minimum atomic E-state index is -4.31. The van der Waals surface area contributed by atoms with Gasteiger partial charge < -0.3 is 9.84 Å². The lowest BCUT2D eigenvalue weighted by molar-refractivity contribution is -0.201. The van der Waals surface area contributed by atoms with Crippen LogP contribution in [0.5, 0.6) is 0 Å². The van der Waals surface area contributed by atoms with Crippen LogP contribution in [0.15, 0.2) is 0 Å². The molecule has 1 unspecified atom stereocenters. The smallest absolute Gasteiger partial charge is 0.390 e. The SMILES string of the molecule is COC(C)(C)CC(CC(C)(C)O)C(F)(F)F. The zero-order valence-electron chi connectivity index (χ0n) is 10.5. The first-order valence-electron chi connectivity index (χ1n) is 5.22. The van der Waals surface area contributed by atoms with Crippen molar-refractivity contribution in [1.29, 1.82) is 0 Å². The maximum atomic E-state index is 12.8. The molecular formula is C11H21F3O2. The summed E-state index contributed by atoms with van der Waals surface area (Å²) in [5.41, 5.74) is -2.17. The molecule has 0 aromatic carbocycles. The molecule has 0 saturated carbocycles. The molecule has 0 radical (unpaired) electrons. The van der Waals surface area contributed by atoms with Crippen LogP contribution in [0.25, 0.3) is 0 Å². The van der Waals surface area contributed by atoms with Gasteiger partial charge in [-0.05, 0) is 40.5 Å². The molecule has 1 N–H and O–H groups in total. The van der Waals surface area contributed by atoms with Gasteiger partial charge in [-0.1, -0.05) is 0 Å². The van der Waals surface area contributed by atoms with Crippen LogP contribution in [0.1, 0.15) is 40.5 Å². The van der Waals surface area contributed by atoms with Crippen LogP contribution in [0.3, 0.4) is 0 Å². The Hall–Kier alpha value is -0.290. The molecule has 0 bridgehead atoms. The number of rotatable bonds is 5. The van der Waals surface area contributed by atoms with Crippen molar-refractivity contribution in [3.8, 4) is 0 Å². The fraction of sp³-hybridized carbons (Fsp3) is 1.00. The molecule has 0 aliphatic rings. The number of alkyl halides is 3. The molecule has 98 valence electrons. The lowest BCUT2D eigenvalue weighted by atomic mass is 9.85. The Kier molecular flexibility index (Phi) is 4.83. The van der Waals surface area contributed by atoms with Gasteiger partial charge in [0.15, 0.2) is 0 Å². The molecule has 0 spiro atoms. The van der Waals surface area contributed by atoms with Gasteiger partial charge in [-0.25, -0.2) is 0 Å². The van der Waals surface area contributed by atoms with E-state index in [1.54, 1.807) is 13.8 Å². The fourth-order valence-corrected chi connectivity index (χ4v) is 1.58. The van der Waals surface area contributed by atoms with E-state index in [4.69, 9.17) is 4.74 Å². The van der Waals surface area contributed by atoms with E-state index in [9.17, 15) is 18.3 Å². The fourth-order valence-electron chi connectivity index (χ4n) is 1.58. The van der Waals surface area contributed by atoms with E-state index in [1.807, 2.05) is 0 Å². The second kappa shape index (κ2) is 4.92. The average Bonchev–Trinajstić information content (AvgIpc) is 1.98. The third-order valence-electron chi connectivity index (χ3n) is 2.50. The Bertz CT molecular complexity index is 216. The molecule has 0 aliphatic heterocycles. The van der Waals surface area contributed by atoms with Crippen molar-refractivity contribution in [2.24, 2.45) is 5.92 Å². The largest absolute Gasteiger partial charge is 0.392 e. The topological polar surface area (TPSA) is 29.5 Å². The van der Waals surface area contributed by atoms with E-state index in [1.165, 1.54) is 21.0 Å². The molecule has 16 heavy (non-hydrogen) atoms. The summed E-state index contributed by atoms with van der Waals surface area (Å²) in [6, 6.07) is 0. The summed E-state index contributed by atoms with van der Waals surface area (Å²) < 4.78 is 43.2. The summed E-state index contributed by atoms with van der Waals surface area (Å²) in [5.74, 6) is -1.55. The zero-order valence-corrected chi connectivity index (χ0v) is 10.5. The molecule has 1 atom stereocenters. The van der Waals surface area contributed by atoms with Crippen LogP contribution >= 0.6 is 0 Å². The second-order valence-electron chi connectivity index (χ2n) is 5.42. The number of hydrogen-bond acceptors (Lipinski definition) is 2. The van der Waals surface area contributed by atoms with Gasteiger partial charge in [-0.3, -0.25) is 0 Å². The number of halogens is 3. The zero-order chi connectivity index (χ0) is 13.2. The van der Waals surface area contributed by atoms with Gasteiger partial charge in [0.2, 0.25) is 0 Å². The Balaban J connectivity index is 4.71. The van der Waals surface area contributed by atoms with Crippen molar-refractivity contribution in [1.82, 2.24) is 0 Å². The van der Waals surface area contributed by atoms with E-state index >= 15 is 0 Å². The first-order chi connectivity index (χ1) is 6.87. The maximum absolute atomic E-state index is 12.8. The summed E-state index contributed by atoms with van der Waals surface area (Å²) in [7, 11) is 1.39. The van der Waals surface area contributed by atoms with Crippen LogP contribution in [-0.2, 0) is 4.74 Å². The average molecular weight is 242 g/mol. The molecule has 0 aromatic rings. The standard InChI is InChI=1S/C11H21F3O2/c1-9(2,15)6-8(11(12,13)14)7-10(3,4)16-5/h8,15H,6-7H2,1-5H3. The normalized spacial score (nSPS) is 16.3. The molecule has 0 saturated heterocycles. The number of aliphatic hydroxyl groups is 1. The minimum Gasteiger partial charge on any atom is -0.390 e. The maximum Gasteiger partial charge on any atom is 0.392 e. The third kappa shape index (κ3) is 6.33. The number of hydrogen-bond donors (Lipinski definition) is 1. The highest BCUT2D eigenvalue weighted by Crippen LogP contribution is 2.38. The third-order valence-corrected chi connectivity index (χ3v) is 2.50. The lowest BCUT2D eigenvalue weighted by Crippen LogP contribution is -2.37. The Morgan fingerprint density at radius 1 is 1.06 bits per heavy atom. The van der Waals surface area contributed by atoms with Crippen molar-refractivity contribution in [3.63, 3.8) is 0 Å². The molecular weight excluding hydrogens is 221 g/mol. The Morgan fingerprint density at radius 3 is 1.75 bits per heavy atom. The highest BCUT2D eigenvalue weighted by molar-refractivity contribution is 4.83. The first kappa shape index (κ1) is 15.7. The molecule has 0 amide bonds. The van der Waals surface area contributed by atoms with Gasteiger partial charge in [-0.15, -0.1) is 0 Å². The van der Waals surface area contributed by atoms with Gasteiger partial charge in [-0.2, -0.15) is 13.2 Å². The summed E-state index contributed by atoms with van der Waals surface area (Å²) in [4.78, 5) is 0. The van der Waals surface area contributed by atoms with Gasteiger partial charge >= 0.3 is 6.18 Å². The quantitative estimate of drug-likeness (QED) is 0.802. The monoisotopic (exact) mass is 242 g/mol. The van der Waals surface area contributed by atoms with Crippen molar-refractivity contribution in [2.45, 2.75) is 57.9 Å². The van der Waals surface area contributed by atoms with Crippen LogP contribution < -0.4 is 0 Å². The first-order valence-corrected chi connectivity index (χ1v) is 5.22. The van der Waals surface area contributed by atoms with Crippen LogP contribution in [0, 0.1) is 5.92 Å². The molecule has 5 heteroatoms. The van der Waals surface area contributed by atoms with Gasteiger partial charge in [0.1, 0.15) is 0 Å². The highest BCUT2D eigenvalue weighted by Gasteiger charge is 2.44. The van der Waals surface area contributed by atoms with Crippen LogP contribution in [-0.4, -0.2) is 29.6 Å². The Morgan fingerprint density at radius 2 is 1.50 bits per heavy atom. The van der Waals surface area contributed by atoms with E-state index in [0.717, 1.165) is 0 Å². The van der Waals surface area contributed by atoms with Gasteiger partial charge in [0, 0.05) is 7.11 Å². The molecule has 0 fully saturated rings. The molecule has 2 nitrogen and oxygen atoms in total. The van der Waals surface area contributed by atoms with Crippen LogP contribution in [0.4, 0.5) is 13.2 Å². The predicted molar refractivity (Wildman–Crippen MR) is 56.2 cm³/mol. The second-order valence-corrected chi connectivity index (χ2v) is 5.42. The molecule has 0 rings (SSSR count). The van der Waals surface area contributed by atoms with E-state index < -0.39 is 23.3 Å². The van der Waals surface area contributed by atoms with E-state index in [-0.39, 0.29) is 12.8 Å². The van der Waals surface area contributed by atoms with E-state index in [0.29, 0.717) is 0 Å². The molecule has 0 aliphatic carbocycles. The predicted octanol–water partition coefficient (Wildman–Crippen LogP) is 3.14. The Labute approximate surface area is 94.8 Å². The van der Waals surface area contributed by atoms with Crippen LogP contribution in [0.2, 0.25) is 0 Å². The minimum absolute atomic E-state index is 0.156. The number of ether oxygens (including phenoxy) is 1. The number of methoxy groups -OCH3 is 1. The summed E-state index contributed by atoms with van der Waals surface area (Å²) in [5, 5.41) is 9.48. The molecule has 0 heterocycles. The van der Waals surface area contributed by atoms with Crippen molar-refractivity contribution in [3.05, 3.63) is 0 Å². The van der Waals surface area contributed by atoms with Crippen molar-refractivity contribution < 1.29 is 23.0 Å². The van der Waals surface area contributed by atoms with Crippen molar-refractivity contribution in [2.75, 3.05) is 7.11 Å².